The smallest absolute Gasteiger partial charge is 0.330 e. The van der Waals surface area contributed by atoms with E-state index in [0.29, 0.717) is 6.61 Å². The second-order valence-electron chi connectivity index (χ2n) is 4.97. The normalized spacial score (nSPS) is 16.3. The molecule has 1 aliphatic heterocycles. The zero-order valence-electron chi connectivity index (χ0n) is 12.9. The molecule has 0 spiro atoms. The first-order valence-corrected chi connectivity index (χ1v) is 9.20. The Kier molecular flexibility index (Phi) is 5.67. The van der Waals surface area contributed by atoms with Crippen LogP contribution in [0.15, 0.2) is 77.6 Å². The van der Waals surface area contributed by atoms with Crippen LogP contribution in [0.3, 0.4) is 0 Å². The van der Waals surface area contributed by atoms with Crippen LogP contribution in [0.4, 0.5) is 0 Å². The SMILES string of the molecule is C=CC(=O)OCC1=CSC(c2ccc(Oc3ccccc3)cc2)S1. The van der Waals surface area contributed by atoms with Gasteiger partial charge in [-0.1, -0.05) is 36.9 Å². The monoisotopic (exact) mass is 356 g/mol. The van der Waals surface area contributed by atoms with Gasteiger partial charge < -0.3 is 9.47 Å². The molecule has 5 heteroatoms. The lowest BCUT2D eigenvalue weighted by atomic mass is 10.2. The summed E-state index contributed by atoms with van der Waals surface area (Å²) in [5.74, 6) is 1.24. The van der Waals surface area contributed by atoms with Gasteiger partial charge in [0.2, 0.25) is 0 Å². The Labute approximate surface area is 149 Å². The van der Waals surface area contributed by atoms with Crippen LogP contribution in [0.1, 0.15) is 10.1 Å². The van der Waals surface area contributed by atoms with Gasteiger partial charge in [-0.15, -0.1) is 23.5 Å². The molecule has 0 N–H and O–H groups in total. The van der Waals surface area contributed by atoms with Crippen LogP contribution in [0.25, 0.3) is 0 Å². The number of hydrogen-bond acceptors (Lipinski definition) is 5. The maximum atomic E-state index is 11.1. The zero-order chi connectivity index (χ0) is 16.8. The summed E-state index contributed by atoms with van der Waals surface area (Å²) in [6, 6.07) is 17.8. The van der Waals surface area contributed by atoms with E-state index in [2.05, 4.69) is 18.7 Å². The summed E-state index contributed by atoms with van der Waals surface area (Å²) in [4.78, 5) is 12.2. The summed E-state index contributed by atoms with van der Waals surface area (Å²) in [7, 11) is 0. The number of benzene rings is 2. The molecule has 1 unspecified atom stereocenters. The van der Waals surface area contributed by atoms with Crippen molar-refractivity contribution in [2.24, 2.45) is 0 Å². The van der Waals surface area contributed by atoms with Gasteiger partial charge in [-0.05, 0) is 35.2 Å². The number of carbonyl (C=O) groups excluding carboxylic acids is 1. The molecule has 0 radical (unpaired) electrons. The maximum absolute atomic E-state index is 11.1. The van der Waals surface area contributed by atoms with Crippen molar-refractivity contribution in [3.05, 3.63) is 83.1 Å². The molecule has 2 aromatic rings. The number of hydrogen-bond donors (Lipinski definition) is 0. The van der Waals surface area contributed by atoms with E-state index in [4.69, 9.17) is 9.47 Å². The molecule has 0 saturated heterocycles. The largest absolute Gasteiger partial charge is 0.457 e. The molecule has 0 amide bonds. The molecule has 24 heavy (non-hydrogen) atoms. The lowest BCUT2D eigenvalue weighted by molar-refractivity contribution is -0.136. The van der Waals surface area contributed by atoms with Gasteiger partial charge in [-0.2, -0.15) is 0 Å². The molecule has 0 aliphatic carbocycles. The first-order chi connectivity index (χ1) is 11.7. The van der Waals surface area contributed by atoms with Crippen molar-refractivity contribution in [1.29, 1.82) is 0 Å². The van der Waals surface area contributed by atoms with Gasteiger partial charge >= 0.3 is 5.97 Å². The Bertz CT molecular complexity index is 739. The average Bonchev–Trinajstić information content (AvgIpc) is 3.10. The highest BCUT2D eigenvalue weighted by atomic mass is 32.2. The van der Waals surface area contributed by atoms with E-state index in [1.165, 1.54) is 11.6 Å². The van der Waals surface area contributed by atoms with Crippen LogP contribution in [-0.4, -0.2) is 12.6 Å². The van der Waals surface area contributed by atoms with Crippen LogP contribution in [0, 0.1) is 0 Å². The standard InChI is InChI=1S/C19H16O3S2/c1-2-18(20)21-12-17-13-23-19(24-17)14-8-10-16(11-9-14)22-15-6-4-3-5-7-15/h2-11,13,19H,1,12H2. The third-order valence-electron chi connectivity index (χ3n) is 3.24. The quantitative estimate of drug-likeness (QED) is 0.502. The third-order valence-corrected chi connectivity index (χ3v) is 5.97. The van der Waals surface area contributed by atoms with Crippen molar-refractivity contribution in [3.8, 4) is 11.5 Å². The number of carbonyl (C=O) groups is 1. The third kappa shape index (κ3) is 4.46. The minimum absolute atomic E-state index is 0.271. The molecule has 2 aromatic carbocycles. The summed E-state index contributed by atoms with van der Waals surface area (Å²) in [5, 5.41) is 2.04. The highest BCUT2D eigenvalue weighted by molar-refractivity contribution is 8.22. The van der Waals surface area contributed by atoms with Gasteiger partial charge in [-0.3, -0.25) is 0 Å². The van der Waals surface area contributed by atoms with E-state index in [0.717, 1.165) is 16.4 Å². The first kappa shape index (κ1) is 16.7. The molecule has 3 nitrogen and oxygen atoms in total. The van der Waals surface area contributed by atoms with E-state index in [1.54, 1.807) is 23.5 Å². The lowest BCUT2D eigenvalue weighted by Gasteiger charge is -2.11. The molecule has 0 bridgehead atoms. The van der Waals surface area contributed by atoms with Gasteiger partial charge in [0.25, 0.3) is 0 Å². The zero-order valence-corrected chi connectivity index (χ0v) is 14.5. The molecule has 0 fully saturated rings. The molecule has 0 saturated carbocycles. The molecular weight excluding hydrogens is 340 g/mol. The van der Waals surface area contributed by atoms with Gasteiger partial charge in [0.05, 0.1) is 4.58 Å². The Morgan fingerprint density at radius 2 is 1.79 bits per heavy atom. The van der Waals surface area contributed by atoms with E-state index < -0.39 is 5.97 Å². The summed E-state index contributed by atoms with van der Waals surface area (Å²) in [6.45, 7) is 3.69. The number of rotatable bonds is 6. The number of esters is 1. The fraction of sp³-hybridized carbons (Fsp3) is 0.105. The molecule has 122 valence electrons. The minimum atomic E-state index is -0.396. The second kappa shape index (κ2) is 8.13. The molecule has 1 atom stereocenters. The van der Waals surface area contributed by atoms with Crippen molar-refractivity contribution >= 4 is 29.5 Å². The summed E-state index contributed by atoms with van der Waals surface area (Å²) >= 11 is 3.41. The number of thioether (sulfide) groups is 2. The predicted octanol–water partition coefficient (Wildman–Crippen LogP) is 5.53. The van der Waals surface area contributed by atoms with Crippen molar-refractivity contribution in [2.75, 3.05) is 6.61 Å². The summed E-state index contributed by atoms with van der Waals surface area (Å²) in [5.41, 5.74) is 1.20. The van der Waals surface area contributed by atoms with Crippen molar-refractivity contribution < 1.29 is 14.3 Å². The Morgan fingerprint density at radius 1 is 1.08 bits per heavy atom. The van der Waals surface area contributed by atoms with Crippen molar-refractivity contribution in [3.63, 3.8) is 0 Å². The average molecular weight is 356 g/mol. The second-order valence-corrected chi connectivity index (χ2v) is 7.48. The van der Waals surface area contributed by atoms with Gasteiger partial charge in [0.15, 0.2) is 0 Å². The lowest BCUT2D eigenvalue weighted by Crippen LogP contribution is -2.02. The van der Waals surface area contributed by atoms with Gasteiger partial charge in [0, 0.05) is 11.0 Å². The van der Waals surface area contributed by atoms with E-state index in [1.807, 2.05) is 47.9 Å². The molecule has 0 aromatic heterocycles. The van der Waals surface area contributed by atoms with Crippen LogP contribution in [0.5, 0.6) is 11.5 Å². The van der Waals surface area contributed by atoms with E-state index in [9.17, 15) is 4.79 Å². The number of ether oxygens (including phenoxy) is 2. The van der Waals surface area contributed by atoms with Crippen molar-refractivity contribution in [2.45, 2.75) is 4.58 Å². The topological polar surface area (TPSA) is 35.5 Å². The highest BCUT2D eigenvalue weighted by Gasteiger charge is 2.21. The predicted molar refractivity (Wildman–Crippen MR) is 100 cm³/mol. The van der Waals surface area contributed by atoms with E-state index >= 15 is 0 Å². The maximum Gasteiger partial charge on any atom is 0.330 e. The van der Waals surface area contributed by atoms with Crippen LogP contribution >= 0.6 is 23.5 Å². The Balaban J connectivity index is 1.55. The molecule has 1 aliphatic rings. The fourth-order valence-corrected chi connectivity index (χ4v) is 4.57. The summed E-state index contributed by atoms with van der Waals surface area (Å²) in [6.07, 6.45) is 1.18. The van der Waals surface area contributed by atoms with Crippen LogP contribution < -0.4 is 4.74 Å². The van der Waals surface area contributed by atoms with Gasteiger partial charge in [0.1, 0.15) is 18.1 Å². The minimum Gasteiger partial charge on any atom is -0.457 e. The molecular formula is C19H16O3S2. The highest BCUT2D eigenvalue weighted by Crippen LogP contribution is 2.50. The first-order valence-electron chi connectivity index (χ1n) is 7.38. The van der Waals surface area contributed by atoms with Crippen molar-refractivity contribution in [1.82, 2.24) is 0 Å². The molecule has 1 heterocycles. The van der Waals surface area contributed by atoms with Gasteiger partial charge in [-0.25, -0.2) is 4.79 Å². The Hall–Kier alpha value is -2.11. The fourth-order valence-electron chi connectivity index (χ4n) is 2.06. The Morgan fingerprint density at radius 3 is 2.50 bits per heavy atom. The van der Waals surface area contributed by atoms with Crippen LogP contribution in [0.2, 0.25) is 0 Å². The molecule has 3 rings (SSSR count). The van der Waals surface area contributed by atoms with Crippen LogP contribution in [-0.2, 0) is 9.53 Å². The number of para-hydroxylation sites is 1. The van der Waals surface area contributed by atoms with E-state index in [-0.39, 0.29) is 4.58 Å². The summed E-state index contributed by atoms with van der Waals surface area (Å²) < 4.78 is 11.1.